The molecule has 0 unspecified atom stereocenters. The quantitative estimate of drug-likeness (QED) is 0.00885. The van der Waals surface area contributed by atoms with Gasteiger partial charge in [-0.25, -0.2) is 42.1 Å². The number of aliphatic imine (C=N–C) groups is 1. The average molecular weight is 1170 g/mol. The van der Waals surface area contributed by atoms with Gasteiger partial charge >= 0.3 is 36.1 Å². The fourth-order valence-electron chi connectivity index (χ4n) is 8.95. The summed E-state index contributed by atoms with van der Waals surface area (Å²) in [5, 5.41) is 34.5. The Hall–Kier alpha value is -9.32. The van der Waals surface area contributed by atoms with Gasteiger partial charge in [0.25, 0.3) is 17.1 Å². The van der Waals surface area contributed by atoms with Gasteiger partial charge < -0.3 is 32.9 Å². The van der Waals surface area contributed by atoms with Crippen molar-refractivity contribution in [2.45, 2.75) is 33.4 Å². The van der Waals surface area contributed by atoms with Crippen molar-refractivity contribution in [3.05, 3.63) is 173 Å². The summed E-state index contributed by atoms with van der Waals surface area (Å²) in [6.45, 7) is 5.65. The number of thioether (sulfide) groups is 1. The average Bonchev–Trinajstić information content (AvgIpc) is 3.62. The molecule has 7 rings (SSSR count). The van der Waals surface area contributed by atoms with Crippen LogP contribution >= 0.6 is 11.8 Å². The Morgan fingerprint density at radius 1 is 0.720 bits per heavy atom. The molecule has 82 heavy (non-hydrogen) atoms. The van der Waals surface area contributed by atoms with Crippen molar-refractivity contribution in [1.82, 2.24) is 9.80 Å². The van der Waals surface area contributed by atoms with E-state index in [2.05, 4.69) is 4.99 Å². The van der Waals surface area contributed by atoms with Gasteiger partial charge in [-0.2, -0.15) is 4.99 Å². The molecule has 0 spiro atoms. The molecule has 2 heterocycles. The highest BCUT2D eigenvalue weighted by Crippen LogP contribution is 2.49. The molecule has 0 N–H and O–H groups in total. The number of hydrogen-bond acceptors (Lipinski definition) is 21. The summed E-state index contributed by atoms with van der Waals surface area (Å²) >= 11 is 0.771. The van der Waals surface area contributed by atoms with E-state index in [1.54, 1.807) is 12.1 Å². The lowest BCUT2D eigenvalue weighted by atomic mass is 9.74. The van der Waals surface area contributed by atoms with Crippen LogP contribution in [0, 0.1) is 48.1 Å². The van der Waals surface area contributed by atoms with E-state index in [4.69, 9.17) is 31.9 Å². The van der Waals surface area contributed by atoms with Crippen molar-refractivity contribution in [2.24, 2.45) is 22.7 Å². The summed E-state index contributed by atoms with van der Waals surface area (Å²) in [5.74, 6) is -5.29. The van der Waals surface area contributed by atoms with Crippen molar-refractivity contribution in [3.63, 3.8) is 0 Å². The van der Waals surface area contributed by atoms with Crippen molar-refractivity contribution in [3.8, 4) is 5.75 Å². The lowest BCUT2D eigenvalue weighted by molar-refractivity contribution is -0.902. The molecule has 0 saturated carbocycles. The SMILES string of the molecule is CS(=O)(=O)[O-].CSC(=NC(=O)OC(=O)c1ccc([N+](=O)[O-])cc1)N(CC[N+](C)(C)Cc1cccc2c(OCC3=C(C(=O)OC(=O)c4ccc([N+](=O)[O-])cc4)N4C(=O)[C@H](C(C)C)[C@H]4[C@H]3C)cccc12)C(=O)OC(=O)c1ccc([N+](=O)[O-])cc1. The number of amides is 3. The van der Waals surface area contributed by atoms with Gasteiger partial charge in [-0.15, -0.1) is 0 Å². The number of rotatable bonds is 16. The van der Waals surface area contributed by atoms with Gasteiger partial charge in [0.2, 0.25) is 5.91 Å². The van der Waals surface area contributed by atoms with Crippen molar-refractivity contribution < 1.29 is 84.7 Å². The third-order valence-corrected chi connectivity index (χ3v) is 13.6. The smallest absolute Gasteiger partial charge is 0.444 e. The second kappa shape index (κ2) is 25.9. The fourth-order valence-corrected chi connectivity index (χ4v) is 9.50. The Balaban J connectivity index is 0.00000207. The predicted molar refractivity (Wildman–Crippen MR) is 290 cm³/mol. The third kappa shape index (κ3) is 15.1. The lowest BCUT2D eigenvalue weighted by Crippen LogP contribution is -2.62. The highest BCUT2D eigenvalue weighted by Gasteiger charge is 2.59. The summed E-state index contributed by atoms with van der Waals surface area (Å²) in [6, 6.07) is 23.5. The molecule has 29 heteroatoms. The van der Waals surface area contributed by atoms with Crippen LogP contribution in [0.5, 0.6) is 5.75 Å². The first kappa shape index (κ1) is 61.9. The molecule has 5 aromatic carbocycles. The van der Waals surface area contributed by atoms with E-state index in [9.17, 15) is 63.9 Å². The Morgan fingerprint density at radius 2 is 1.18 bits per heavy atom. The van der Waals surface area contributed by atoms with Gasteiger partial charge in [-0.05, 0) is 60.0 Å². The molecular formula is C53H51N7O20S2. The van der Waals surface area contributed by atoms with E-state index >= 15 is 0 Å². The number of β-lactam (4-membered cyclic amide) rings is 1. The van der Waals surface area contributed by atoms with Crippen LogP contribution in [0.2, 0.25) is 0 Å². The van der Waals surface area contributed by atoms with Crippen LogP contribution in [0.3, 0.4) is 0 Å². The van der Waals surface area contributed by atoms with E-state index in [0.29, 0.717) is 29.5 Å². The number of esters is 4. The second-order valence-electron chi connectivity index (χ2n) is 19.4. The van der Waals surface area contributed by atoms with E-state index in [1.165, 1.54) is 11.2 Å². The van der Waals surface area contributed by atoms with E-state index in [1.807, 2.05) is 59.1 Å². The molecule has 3 amide bonds. The van der Waals surface area contributed by atoms with Crippen LogP contribution in [-0.2, 0) is 40.5 Å². The number of nitro groups is 3. The fraction of sp³-hybridized carbons (Fsp3) is 0.283. The van der Waals surface area contributed by atoms with Crippen molar-refractivity contribution in [2.75, 3.05) is 46.3 Å². The monoisotopic (exact) mass is 1170 g/mol. The first-order valence-corrected chi connectivity index (χ1v) is 27.4. The van der Waals surface area contributed by atoms with Gasteiger partial charge in [0, 0.05) is 65.1 Å². The van der Waals surface area contributed by atoms with Crippen LogP contribution in [0.15, 0.2) is 125 Å². The topological polar surface area (TPSA) is 362 Å². The minimum atomic E-state index is -3.92. The number of likely N-dealkylation sites (N-methyl/N-ethyl adjacent to an activating group) is 1. The first-order valence-electron chi connectivity index (χ1n) is 24.3. The molecular weight excluding hydrogens is 1120 g/mol. The summed E-state index contributed by atoms with van der Waals surface area (Å²) in [4.78, 5) is 131. The van der Waals surface area contributed by atoms with Gasteiger partial charge in [-0.1, -0.05) is 62.9 Å². The minimum absolute atomic E-state index is 0.0699. The van der Waals surface area contributed by atoms with Gasteiger partial charge in [0.15, 0.2) is 5.17 Å². The minimum Gasteiger partial charge on any atom is -0.748 e. The highest BCUT2D eigenvalue weighted by atomic mass is 32.2. The molecule has 1 fully saturated rings. The normalized spacial score (nSPS) is 15.8. The first-order chi connectivity index (χ1) is 38.5. The number of fused-ring (bicyclic) bond motifs is 2. The summed E-state index contributed by atoms with van der Waals surface area (Å²) in [7, 11) is -0.234. The summed E-state index contributed by atoms with van der Waals surface area (Å²) in [6.07, 6.45) is -0.713. The Morgan fingerprint density at radius 3 is 1.66 bits per heavy atom. The number of nitrogens with zero attached hydrogens (tertiary/aromatic N) is 7. The largest absolute Gasteiger partial charge is 0.748 e. The summed E-state index contributed by atoms with van der Waals surface area (Å²) < 4.78 is 49.1. The van der Waals surface area contributed by atoms with Gasteiger partial charge in [0.1, 0.15) is 24.6 Å². The predicted octanol–water partition coefficient (Wildman–Crippen LogP) is 7.43. The van der Waals surface area contributed by atoms with Crippen LogP contribution in [0.25, 0.3) is 10.8 Å². The van der Waals surface area contributed by atoms with E-state index < -0.39 is 72.9 Å². The standard InChI is InChI=1S/C52H48N7O17S.CH4O3S/c1-29(2)42-43-30(3)40(44(55(43)45(42)60)49(64)74-46(61)31-13-19-35(20-14-31)56(67)68)28-73-41-12-8-10-38-34(9-7-11-39(38)41)27-59(4,5)26-25-54(52(66)76-48(63)33-17-23-37(24-18-33)58(71)72)50(77-6)53-51(65)75-47(62)32-15-21-36(22-16-32)57(69)70;1-5(2,3)4/h7-24,29-30,42-43H,25-28H2,1-6H3;1H3,(H,2,3,4)/q+1;/p-1/t30-,42+,43+;/m0./s1. The Bertz CT molecular complexity index is 3560. The van der Waals surface area contributed by atoms with Crippen molar-refractivity contribution in [1.29, 1.82) is 0 Å². The Labute approximate surface area is 470 Å². The Kier molecular flexibility index (Phi) is 19.5. The maximum Gasteiger partial charge on any atom is 0.444 e. The summed E-state index contributed by atoms with van der Waals surface area (Å²) in [5.41, 5.74) is -0.327. The number of carbonyl (C=O) groups excluding carboxylic acids is 7. The van der Waals surface area contributed by atoms with Crippen LogP contribution in [-0.4, -0.2) is 142 Å². The highest BCUT2D eigenvalue weighted by molar-refractivity contribution is 8.13. The lowest BCUT2D eigenvalue weighted by Gasteiger charge is -2.47. The number of amidine groups is 1. The zero-order valence-electron chi connectivity index (χ0n) is 44.6. The van der Waals surface area contributed by atoms with Gasteiger partial charge in [-0.3, -0.25) is 35.1 Å². The number of ether oxygens (including phenoxy) is 4. The zero-order chi connectivity index (χ0) is 60.5. The molecule has 3 atom stereocenters. The maximum atomic E-state index is 13.9. The number of carbonyl (C=O) groups is 7. The molecule has 0 bridgehead atoms. The maximum absolute atomic E-state index is 13.9. The molecule has 2 aliphatic rings. The number of benzene rings is 5. The van der Waals surface area contributed by atoms with Crippen LogP contribution < -0.4 is 4.74 Å². The van der Waals surface area contributed by atoms with Gasteiger partial charge in [0.05, 0.1) is 80.7 Å². The molecule has 5 aromatic rings. The second-order valence-corrected chi connectivity index (χ2v) is 21.5. The molecule has 2 aliphatic heterocycles. The van der Waals surface area contributed by atoms with Crippen molar-refractivity contribution >= 4 is 96.9 Å². The number of hydrogen-bond donors (Lipinski definition) is 0. The van der Waals surface area contributed by atoms with E-state index in [-0.39, 0.29) is 86.5 Å². The molecule has 27 nitrogen and oxygen atoms in total. The zero-order valence-corrected chi connectivity index (χ0v) is 46.3. The third-order valence-electron chi connectivity index (χ3n) is 12.9. The number of non-ortho nitro benzene ring substituents is 3. The molecule has 1 saturated heterocycles. The molecule has 430 valence electrons. The van der Waals surface area contributed by atoms with E-state index in [0.717, 1.165) is 100 Å². The number of quaternary nitrogens is 1. The molecule has 0 aromatic heterocycles. The molecule has 0 radical (unpaired) electrons. The van der Waals surface area contributed by atoms with Crippen LogP contribution in [0.4, 0.5) is 26.7 Å². The van der Waals surface area contributed by atoms with Crippen LogP contribution in [0.1, 0.15) is 57.4 Å². The number of nitro benzene ring substituents is 3. The molecule has 0 aliphatic carbocycles.